The normalized spacial score (nSPS) is 12.1. The van der Waals surface area contributed by atoms with Gasteiger partial charge in [0.2, 0.25) is 5.91 Å². The summed E-state index contributed by atoms with van der Waals surface area (Å²) in [6, 6.07) is 11.8. The van der Waals surface area contributed by atoms with Crippen LogP contribution in [0.4, 0.5) is 10.1 Å². The number of hydrogen-bond acceptors (Lipinski definition) is 3. The third-order valence-electron chi connectivity index (χ3n) is 3.91. The van der Waals surface area contributed by atoms with Crippen molar-refractivity contribution in [2.24, 2.45) is 0 Å². The van der Waals surface area contributed by atoms with Crippen molar-refractivity contribution in [1.29, 1.82) is 0 Å². The van der Waals surface area contributed by atoms with Crippen LogP contribution in [0.25, 0.3) is 10.9 Å². The number of rotatable bonds is 4. The Morgan fingerprint density at radius 1 is 1.29 bits per heavy atom. The van der Waals surface area contributed by atoms with E-state index in [2.05, 4.69) is 15.3 Å². The lowest BCUT2D eigenvalue weighted by Gasteiger charge is -2.16. The summed E-state index contributed by atoms with van der Waals surface area (Å²) in [7, 11) is 0. The van der Waals surface area contributed by atoms with Crippen molar-refractivity contribution >= 4 is 22.5 Å². The highest BCUT2D eigenvalue weighted by Gasteiger charge is 2.20. The number of aromatic amines is 1. The molecule has 2 N–H and O–H groups in total. The smallest absolute Gasteiger partial charge is 0.258 e. The number of carbonyl (C=O) groups is 1. The van der Waals surface area contributed by atoms with Gasteiger partial charge in [-0.25, -0.2) is 9.37 Å². The van der Waals surface area contributed by atoms with Gasteiger partial charge >= 0.3 is 0 Å². The van der Waals surface area contributed by atoms with Gasteiger partial charge in [-0.2, -0.15) is 0 Å². The van der Waals surface area contributed by atoms with Crippen molar-refractivity contribution in [2.45, 2.75) is 19.3 Å². The first-order valence-electron chi connectivity index (χ1n) is 7.63. The lowest BCUT2D eigenvalue weighted by atomic mass is 9.95. The number of nitrogens with zero attached hydrogens (tertiary/aromatic N) is 1. The van der Waals surface area contributed by atoms with Crippen LogP contribution in [-0.2, 0) is 4.79 Å². The Labute approximate surface area is 137 Å². The monoisotopic (exact) mass is 325 g/mol. The average Bonchev–Trinajstić information content (AvgIpc) is 2.58. The molecule has 3 rings (SSSR count). The molecule has 2 aromatic carbocycles. The first-order chi connectivity index (χ1) is 11.6. The van der Waals surface area contributed by atoms with E-state index in [1.54, 1.807) is 0 Å². The van der Waals surface area contributed by atoms with E-state index in [1.807, 2.05) is 37.3 Å². The van der Waals surface area contributed by atoms with Gasteiger partial charge in [0.25, 0.3) is 5.56 Å². The average molecular weight is 325 g/mol. The van der Waals surface area contributed by atoms with E-state index in [4.69, 9.17) is 0 Å². The second-order valence-electron chi connectivity index (χ2n) is 5.44. The van der Waals surface area contributed by atoms with E-state index in [9.17, 15) is 14.0 Å². The van der Waals surface area contributed by atoms with E-state index in [0.717, 1.165) is 11.6 Å². The largest absolute Gasteiger partial charge is 0.323 e. The second kappa shape index (κ2) is 6.62. The van der Waals surface area contributed by atoms with Gasteiger partial charge in [0, 0.05) is 6.07 Å². The van der Waals surface area contributed by atoms with Crippen LogP contribution in [-0.4, -0.2) is 15.9 Å². The number of amides is 1. The van der Waals surface area contributed by atoms with Crippen LogP contribution >= 0.6 is 0 Å². The minimum absolute atomic E-state index is 0.0274. The molecule has 0 saturated heterocycles. The number of halogens is 1. The van der Waals surface area contributed by atoms with Gasteiger partial charge < -0.3 is 10.3 Å². The molecule has 0 radical (unpaired) electrons. The fourth-order valence-electron chi connectivity index (χ4n) is 2.66. The third kappa shape index (κ3) is 3.03. The zero-order chi connectivity index (χ0) is 17.1. The summed E-state index contributed by atoms with van der Waals surface area (Å²) in [6.45, 7) is 1.89. The van der Waals surface area contributed by atoms with Crippen LogP contribution in [0.5, 0.6) is 0 Å². The van der Waals surface area contributed by atoms with Crippen LogP contribution in [0, 0.1) is 5.82 Å². The molecule has 6 heteroatoms. The van der Waals surface area contributed by atoms with Gasteiger partial charge in [0.15, 0.2) is 0 Å². The molecule has 1 amide bonds. The number of nitrogens with one attached hydrogen (secondary N) is 2. The maximum Gasteiger partial charge on any atom is 0.258 e. The van der Waals surface area contributed by atoms with Crippen molar-refractivity contribution in [3.63, 3.8) is 0 Å². The Hall–Kier alpha value is -3.02. The lowest BCUT2D eigenvalue weighted by molar-refractivity contribution is -0.117. The Morgan fingerprint density at radius 2 is 2.04 bits per heavy atom. The van der Waals surface area contributed by atoms with Crippen LogP contribution in [0.15, 0.2) is 53.6 Å². The molecule has 24 heavy (non-hydrogen) atoms. The van der Waals surface area contributed by atoms with Crippen molar-refractivity contribution in [2.75, 3.05) is 5.32 Å². The molecule has 1 atom stereocenters. The quantitative estimate of drug-likeness (QED) is 0.773. The van der Waals surface area contributed by atoms with Crippen molar-refractivity contribution in [3.05, 3.63) is 70.5 Å². The van der Waals surface area contributed by atoms with Crippen molar-refractivity contribution < 1.29 is 9.18 Å². The van der Waals surface area contributed by atoms with E-state index >= 15 is 0 Å². The van der Waals surface area contributed by atoms with Gasteiger partial charge in [-0.05, 0) is 18.1 Å². The van der Waals surface area contributed by atoms with Crippen LogP contribution in [0.2, 0.25) is 0 Å². The van der Waals surface area contributed by atoms with E-state index in [-0.39, 0.29) is 28.1 Å². The predicted molar refractivity (Wildman–Crippen MR) is 90.4 cm³/mol. The molecule has 0 unspecified atom stereocenters. The van der Waals surface area contributed by atoms with E-state index < -0.39 is 11.7 Å². The standard InChI is InChI=1S/C18H16FN3O2/c1-2-12(11-6-4-3-5-7-11)18(24)22-16-8-13-15(9-14(16)19)20-10-21-17(13)23/h3-10,12H,2H2,1H3,(H,22,24)(H,20,21,23)/t12-/m1/s1. The van der Waals surface area contributed by atoms with Crippen LogP contribution in [0.3, 0.4) is 0 Å². The molecule has 5 nitrogen and oxygen atoms in total. The molecule has 0 spiro atoms. The molecular formula is C18H16FN3O2. The summed E-state index contributed by atoms with van der Waals surface area (Å²) < 4.78 is 14.2. The summed E-state index contributed by atoms with van der Waals surface area (Å²) in [5, 5.41) is 2.81. The van der Waals surface area contributed by atoms with Gasteiger partial charge in [-0.1, -0.05) is 37.3 Å². The van der Waals surface area contributed by atoms with Gasteiger partial charge in [0.1, 0.15) is 5.82 Å². The van der Waals surface area contributed by atoms with Gasteiger partial charge in [-0.15, -0.1) is 0 Å². The number of aromatic nitrogens is 2. The summed E-state index contributed by atoms with van der Waals surface area (Å²) >= 11 is 0. The van der Waals surface area contributed by atoms with E-state index in [0.29, 0.717) is 6.42 Å². The van der Waals surface area contributed by atoms with Crippen molar-refractivity contribution in [1.82, 2.24) is 9.97 Å². The number of fused-ring (bicyclic) bond motifs is 1. The Bertz CT molecular complexity index is 938. The molecule has 0 fully saturated rings. The van der Waals surface area contributed by atoms with Crippen LogP contribution in [0.1, 0.15) is 24.8 Å². The fraction of sp³-hybridized carbons (Fsp3) is 0.167. The van der Waals surface area contributed by atoms with Gasteiger partial charge in [-0.3, -0.25) is 9.59 Å². The van der Waals surface area contributed by atoms with Gasteiger partial charge in [0.05, 0.1) is 28.8 Å². The molecule has 0 aliphatic heterocycles. The molecule has 1 aromatic heterocycles. The highest BCUT2D eigenvalue weighted by molar-refractivity contribution is 5.97. The number of carbonyl (C=O) groups excluding carboxylic acids is 1. The van der Waals surface area contributed by atoms with E-state index in [1.165, 1.54) is 12.4 Å². The summed E-state index contributed by atoms with van der Waals surface area (Å²) in [5.41, 5.74) is 0.688. The molecule has 122 valence electrons. The molecule has 0 saturated carbocycles. The summed E-state index contributed by atoms with van der Waals surface area (Å²) in [6.07, 6.45) is 1.79. The number of benzene rings is 2. The second-order valence-corrected chi connectivity index (χ2v) is 5.44. The third-order valence-corrected chi connectivity index (χ3v) is 3.91. The van der Waals surface area contributed by atoms with Crippen molar-refractivity contribution in [3.8, 4) is 0 Å². The Morgan fingerprint density at radius 3 is 2.75 bits per heavy atom. The first kappa shape index (κ1) is 15.9. The SMILES string of the molecule is CC[C@@H](C(=O)Nc1cc2c(=O)[nH]cnc2cc1F)c1ccccc1. The van der Waals surface area contributed by atoms with Crippen LogP contribution < -0.4 is 10.9 Å². The molecular weight excluding hydrogens is 309 g/mol. The maximum absolute atomic E-state index is 14.2. The minimum atomic E-state index is -0.628. The highest BCUT2D eigenvalue weighted by atomic mass is 19.1. The molecule has 0 bridgehead atoms. The molecule has 0 aliphatic rings. The zero-order valence-corrected chi connectivity index (χ0v) is 13.0. The summed E-state index contributed by atoms with van der Waals surface area (Å²) in [5.74, 6) is -1.34. The first-order valence-corrected chi connectivity index (χ1v) is 7.63. The molecule has 3 aromatic rings. The number of H-pyrrole nitrogens is 1. The summed E-state index contributed by atoms with van der Waals surface area (Å²) in [4.78, 5) is 30.7. The Balaban J connectivity index is 1.94. The maximum atomic E-state index is 14.2. The fourth-order valence-corrected chi connectivity index (χ4v) is 2.66. The molecule has 0 aliphatic carbocycles. The predicted octanol–water partition coefficient (Wildman–Crippen LogP) is 3.19. The minimum Gasteiger partial charge on any atom is -0.323 e. The number of anilines is 1. The Kier molecular flexibility index (Phi) is 4.37. The highest BCUT2D eigenvalue weighted by Crippen LogP contribution is 2.24. The lowest BCUT2D eigenvalue weighted by Crippen LogP contribution is -2.21. The molecule has 1 heterocycles. The number of hydrogen-bond donors (Lipinski definition) is 2. The topological polar surface area (TPSA) is 74.8 Å². The zero-order valence-electron chi connectivity index (χ0n) is 13.0.